The van der Waals surface area contributed by atoms with E-state index >= 15 is 0 Å². The maximum absolute atomic E-state index is 14.2. The van der Waals surface area contributed by atoms with Gasteiger partial charge in [0.1, 0.15) is 5.82 Å². The van der Waals surface area contributed by atoms with Crippen LogP contribution in [-0.2, 0) is 11.2 Å². The number of carboxylic acid groups (broad SMARTS) is 1. The maximum Gasteiger partial charge on any atom is 0.305 e. The van der Waals surface area contributed by atoms with E-state index in [2.05, 4.69) is 0 Å². The summed E-state index contributed by atoms with van der Waals surface area (Å²) in [7, 11) is 1.91. The van der Waals surface area contributed by atoms with Gasteiger partial charge in [-0.3, -0.25) is 4.79 Å². The SMILES string of the molecule is CCN(C)c1nc2c(c(C(C)C)n1)C[C@@H]([C@@H](O)C[C@@H](O)CC(=O)O)c1cc(F)ccc1-2. The molecule has 7 nitrogen and oxygen atoms in total. The molecule has 8 heteroatoms. The molecule has 0 saturated carbocycles. The van der Waals surface area contributed by atoms with E-state index in [1.807, 2.05) is 32.7 Å². The number of nitrogens with zero attached hydrogens (tertiary/aromatic N) is 3. The summed E-state index contributed by atoms with van der Waals surface area (Å²) in [4.78, 5) is 22.4. The molecule has 0 radical (unpaired) electrons. The van der Waals surface area contributed by atoms with Crippen LogP contribution in [0.2, 0.25) is 0 Å². The first-order valence-electron chi connectivity index (χ1n) is 10.6. The average Bonchev–Trinajstić information content (AvgIpc) is 2.70. The van der Waals surface area contributed by atoms with Crippen molar-refractivity contribution in [3.05, 3.63) is 40.8 Å². The van der Waals surface area contributed by atoms with Gasteiger partial charge in [-0.05, 0) is 43.0 Å². The van der Waals surface area contributed by atoms with Gasteiger partial charge in [0, 0.05) is 37.1 Å². The lowest BCUT2D eigenvalue weighted by Gasteiger charge is -2.33. The van der Waals surface area contributed by atoms with Crippen LogP contribution in [0.3, 0.4) is 0 Å². The second-order valence-corrected chi connectivity index (χ2v) is 8.50. The average molecular weight is 432 g/mol. The molecular formula is C23H30FN3O4. The molecule has 1 heterocycles. The highest BCUT2D eigenvalue weighted by Gasteiger charge is 2.35. The lowest BCUT2D eigenvalue weighted by molar-refractivity contribution is -0.139. The molecule has 1 aromatic heterocycles. The number of aliphatic carboxylic acids is 1. The summed E-state index contributed by atoms with van der Waals surface area (Å²) in [5.41, 5.74) is 3.85. The van der Waals surface area contributed by atoms with Crippen LogP contribution in [0.15, 0.2) is 18.2 Å². The number of anilines is 1. The summed E-state index contributed by atoms with van der Waals surface area (Å²) < 4.78 is 14.2. The van der Waals surface area contributed by atoms with E-state index < -0.39 is 36.3 Å². The summed E-state index contributed by atoms with van der Waals surface area (Å²) in [6.07, 6.45) is -2.41. The molecule has 0 bridgehead atoms. The van der Waals surface area contributed by atoms with E-state index in [1.165, 1.54) is 12.1 Å². The molecule has 3 atom stereocenters. The Kier molecular flexibility index (Phi) is 6.91. The van der Waals surface area contributed by atoms with Crippen LogP contribution in [0.25, 0.3) is 11.3 Å². The van der Waals surface area contributed by atoms with Crippen molar-refractivity contribution < 1.29 is 24.5 Å². The highest BCUT2D eigenvalue weighted by molar-refractivity contribution is 5.73. The molecule has 3 N–H and O–H groups in total. The van der Waals surface area contributed by atoms with E-state index in [1.54, 1.807) is 6.07 Å². The molecule has 31 heavy (non-hydrogen) atoms. The first-order chi connectivity index (χ1) is 14.6. The van der Waals surface area contributed by atoms with Gasteiger partial charge in [-0.2, -0.15) is 0 Å². The van der Waals surface area contributed by atoms with Crippen molar-refractivity contribution >= 4 is 11.9 Å². The van der Waals surface area contributed by atoms with E-state index in [9.17, 15) is 19.4 Å². The standard InChI is InChI=1S/C23H30FN3O4/c1-5-27(4)23-25-21(12(2)3)18-11-17(19(29)9-14(28)10-20(30)31)16-8-13(24)6-7-15(16)22(18)26-23/h6-8,12,14,17,19,28-29H,5,9-11H2,1-4H3,(H,30,31)/t14-,17-,19+/m1/s1. The van der Waals surface area contributed by atoms with E-state index in [-0.39, 0.29) is 12.3 Å². The molecule has 0 unspecified atom stereocenters. The molecule has 0 saturated heterocycles. The van der Waals surface area contributed by atoms with Crippen molar-refractivity contribution in [2.75, 3.05) is 18.5 Å². The second-order valence-electron chi connectivity index (χ2n) is 8.50. The van der Waals surface area contributed by atoms with Crippen molar-refractivity contribution in [2.24, 2.45) is 0 Å². The topological polar surface area (TPSA) is 107 Å². The van der Waals surface area contributed by atoms with E-state index in [4.69, 9.17) is 15.1 Å². The van der Waals surface area contributed by atoms with Crippen LogP contribution in [0.1, 0.15) is 62.3 Å². The molecular weight excluding hydrogens is 401 g/mol. The molecule has 2 aromatic rings. The quantitative estimate of drug-likeness (QED) is 0.590. The summed E-state index contributed by atoms with van der Waals surface area (Å²) in [6, 6.07) is 4.44. The minimum atomic E-state index is -1.19. The molecule has 1 aromatic carbocycles. The molecule has 1 aliphatic rings. The predicted octanol–water partition coefficient (Wildman–Crippen LogP) is 3.09. The van der Waals surface area contributed by atoms with Crippen molar-refractivity contribution in [1.29, 1.82) is 0 Å². The number of aromatic nitrogens is 2. The van der Waals surface area contributed by atoms with Crippen LogP contribution in [0.4, 0.5) is 10.3 Å². The molecule has 0 spiro atoms. The number of rotatable bonds is 8. The molecule has 0 aliphatic heterocycles. The number of carboxylic acids is 1. The minimum absolute atomic E-state index is 0.109. The zero-order chi connectivity index (χ0) is 22.9. The van der Waals surface area contributed by atoms with Gasteiger partial charge >= 0.3 is 5.97 Å². The van der Waals surface area contributed by atoms with Crippen LogP contribution < -0.4 is 4.90 Å². The summed E-state index contributed by atoms with van der Waals surface area (Å²) in [5, 5.41) is 29.9. The van der Waals surface area contributed by atoms with Gasteiger partial charge in [-0.15, -0.1) is 0 Å². The zero-order valence-electron chi connectivity index (χ0n) is 18.3. The number of halogens is 1. The van der Waals surface area contributed by atoms with Gasteiger partial charge in [0.2, 0.25) is 5.95 Å². The Hall–Kier alpha value is -2.58. The van der Waals surface area contributed by atoms with E-state index in [0.717, 1.165) is 29.1 Å². The fraction of sp³-hybridized carbons (Fsp3) is 0.522. The van der Waals surface area contributed by atoms with Crippen molar-refractivity contribution in [3.8, 4) is 11.3 Å². The van der Waals surface area contributed by atoms with Crippen molar-refractivity contribution in [1.82, 2.24) is 9.97 Å². The number of fused-ring (bicyclic) bond motifs is 3. The number of carbonyl (C=O) groups is 1. The summed E-state index contributed by atoms with van der Waals surface area (Å²) in [6.45, 7) is 6.83. The Bertz CT molecular complexity index is 966. The molecule has 3 rings (SSSR count). The van der Waals surface area contributed by atoms with Gasteiger partial charge in [0.15, 0.2) is 0 Å². The first kappa shape index (κ1) is 23.1. The fourth-order valence-corrected chi connectivity index (χ4v) is 4.16. The number of aliphatic hydroxyl groups is 2. The molecule has 168 valence electrons. The van der Waals surface area contributed by atoms with Gasteiger partial charge in [-0.25, -0.2) is 14.4 Å². The lowest BCUT2D eigenvalue weighted by Crippen LogP contribution is -2.30. The highest BCUT2D eigenvalue weighted by Crippen LogP contribution is 2.44. The third kappa shape index (κ3) is 4.85. The Balaban J connectivity index is 2.10. The highest BCUT2D eigenvalue weighted by atomic mass is 19.1. The largest absolute Gasteiger partial charge is 0.481 e. The fourth-order valence-electron chi connectivity index (χ4n) is 4.16. The Morgan fingerprint density at radius 3 is 2.61 bits per heavy atom. The van der Waals surface area contributed by atoms with Crippen molar-refractivity contribution in [3.63, 3.8) is 0 Å². The lowest BCUT2D eigenvalue weighted by atomic mass is 9.75. The maximum atomic E-state index is 14.2. The number of benzene rings is 1. The first-order valence-corrected chi connectivity index (χ1v) is 10.6. The molecule has 0 amide bonds. The molecule has 1 aliphatic carbocycles. The summed E-state index contributed by atoms with van der Waals surface area (Å²) in [5.74, 6) is -1.36. The summed E-state index contributed by atoms with van der Waals surface area (Å²) >= 11 is 0. The van der Waals surface area contributed by atoms with E-state index in [0.29, 0.717) is 17.9 Å². The minimum Gasteiger partial charge on any atom is -0.481 e. The Morgan fingerprint density at radius 1 is 1.29 bits per heavy atom. The third-order valence-electron chi connectivity index (χ3n) is 5.87. The van der Waals surface area contributed by atoms with Crippen LogP contribution in [-0.4, -0.2) is 57.1 Å². The molecule has 0 fully saturated rings. The van der Waals surface area contributed by atoms with Crippen molar-refractivity contribution in [2.45, 2.75) is 64.1 Å². The predicted molar refractivity (Wildman–Crippen MR) is 116 cm³/mol. The zero-order valence-corrected chi connectivity index (χ0v) is 18.3. The van der Waals surface area contributed by atoms with Gasteiger partial charge in [0.25, 0.3) is 0 Å². The number of aliphatic hydroxyl groups excluding tert-OH is 2. The van der Waals surface area contributed by atoms with Crippen LogP contribution in [0, 0.1) is 5.82 Å². The number of hydrogen-bond acceptors (Lipinski definition) is 6. The smallest absolute Gasteiger partial charge is 0.305 e. The Morgan fingerprint density at radius 2 is 2.00 bits per heavy atom. The Labute approximate surface area is 181 Å². The van der Waals surface area contributed by atoms with Gasteiger partial charge in [0.05, 0.1) is 30.0 Å². The second kappa shape index (κ2) is 9.28. The van der Waals surface area contributed by atoms with Gasteiger partial charge < -0.3 is 20.2 Å². The van der Waals surface area contributed by atoms with Crippen LogP contribution >= 0.6 is 0 Å². The normalized spacial score (nSPS) is 17.1. The van der Waals surface area contributed by atoms with Gasteiger partial charge in [-0.1, -0.05) is 13.8 Å². The number of hydrogen-bond donors (Lipinski definition) is 3. The third-order valence-corrected chi connectivity index (χ3v) is 5.87. The van der Waals surface area contributed by atoms with Crippen LogP contribution in [0.5, 0.6) is 0 Å². The monoisotopic (exact) mass is 431 g/mol.